The average Bonchev–Trinajstić information content (AvgIpc) is 3.04. The van der Waals surface area contributed by atoms with Gasteiger partial charge in [-0.1, -0.05) is 71.6 Å². The monoisotopic (exact) mass is 801 g/mol. The molecule has 5 amide bonds. The topological polar surface area (TPSA) is 170 Å². The third kappa shape index (κ3) is 31.3. The van der Waals surface area contributed by atoms with Crippen LogP contribution in [0.5, 0.6) is 0 Å². The molecule has 48 heavy (non-hydrogen) atoms. The summed E-state index contributed by atoms with van der Waals surface area (Å²) in [4.78, 5) is 63.5. The summed E-state index contributed by atoms with van der Waals surface area (Å²) >= 11 is 0. The summed E-state index contributed by atoms with van der Waals surface area (Å²) < 4.78 is 0. The molecule has 0 rings (SSSR count). The third-order valence-electron chi connectivity index (χ3n) is 7.85. The fraction of sp³-hybridized carbons (Fsp3) is 0.829. The Labute approximate surface area is 351 Å². The van der Waals surface area contributed by atoms with E-state index >= 15 is 0 Å². The van der Waals surface area contributed by atoms with Crippen molar-refractivity contribution in [2.75, 3.05) is 46.8 Å². The van der Waals surface area contributed by atoms with Gasteiger partial charge >= 0.3 is 68.9 Å². The smallest absolute Gasteiger partial charge is 0.358 e. The Balaban J connectivity index is -0.0000101. The van der Waals surface area contributed by atoms with Crippen LogP contribution in [0, 0.1) is 7.43 Å². The minimum Gasteiger partial charge on any atom is -0.358 e. The molecule has 12 nitrogen and oxygen atoms in total. The van der Waals surface area contributed by atoms with Crippen LogP contribution in [0.1, 0.15) is 129 Å². The number of hydrogen-bond donors (Lipinski definition) is 7. The first-order valence-electron chi connectivity index (χ1n) is 18.0. The number of rotatable bonds is 31. The number of carbonyl (C=O) groups excluding carboxylic acids is 5. The second-order valence-corrected chi connectivity index (χ2v) is 12.2. The van der Waals surface area contributed by atoms with Gasteiger partial charge in [-0.2, -0.15) is 0 Å². The molecule has 0 saturated carbocycles. The molecule has 0 aliphatic rings. The largest absolute Gasteiger partial charge is 1.00 e. The molecule has 0 heterocycles. The molecule has 2 atom stereocenters. The summed E-state index contributed by atoms with van der Waals surface area (Å²) in [5.74, 6) is -1.80. The van der Waals surface area contributed by atoms with E-state index in [0.717, 1.165) is 83.7 Å². The van der Waals surface area contributed by atoms with Crippen LogP contribution in [0.4, 0.5) is 0 Å². The predicted molar refractivity (Wildman–Crippen MR) is 192 cm³/mol. The van der Waals surface area contributed by atoms with Crippen molar-refractivity contribution in [3.05, 3.63) is 7.43 Å². The maximum atomic E-state index is 13.0. The summed E-state index contributed by atoms with van der Waals surface area (Å²) in [5, 5.41) is 19.9. The summed E-state index contributed by atoms with van der Waals surface area (Å²) in [6.07, 6.45) is 16.3. The van der Waals surface area contributed by atoms with Gasteiger partial charge in [-0.15, -0.1) is 0 Å². The predicted octanol–water partition coefficient (Wildman–Crippen LogP) is 0.259. The van der Waals surface area contributed by atoms with Crippen LogP contribution in [0.3, 0.4) is 0 Å². The zero-order chi connectivity index (χ0) is 34.3. The van der Waals surface area contributed by atoms with Crippen molar-refractivity contribution in [1.29, 1.82) is 0 Å². The Morgan fingerprint density at radius 2 is 0.896 bits per heavy atom. The fourth-order valence-corrected chi connectivity index (χ4v) is 5.02. The van der Waals surface area contributed by atoms with E-state index in [1.165, 1.54) is 19.3 Å². The minimum atomic E-state index is -0.846. The van der Waals surface area contributed by atoms with Crippen LogP contribution in [0.15, 0.2) is 0 Å². The molecule has 0 bridgehead atoms. The second-order valence-electron chi connectivity index (χ2n) is 12.2. The Kier molecular flexibility index (Phi) is 40.5. The van der Waals surface area contributed by atoms with E-state index in [2.05, 4.69) is 51.1 Å². The van der Waals surface area contributed by atoms with Crippen molar-refractivity contribution in [2.45, 2.75) is 142 Å². The van der Waals surface area contributed by atoms with Gasteiger partial charge in [-0.25, -0.2) is 0 Å². The van der Waals surface area contributed by atoms with Crippen molar-refractivity contribution in [3.63, 3.8) is 0 Å². The minimum absolute atomic E-state index is 0. The molecule has 0 radical (unpaired) electrons. The van der Waals surface area contributed by atoms with Crippen LogP contribution < -0.4 is 106 Å². The van der Waals surface area contributed by atoms with Gasteiger partial charge in [0.15, 0.2) is 0 Å². The molecule has 0 spiro atoms. The molecule has 7 N–H and O–H groups in total. The van der Waals surface area contributed by atoms with Crippen molar-refractivity contribution in [1.82, 2.24) is 37.2 Å². The zero-order valence-electron chi connectivity index (χ0n) is 31.5. The van der Waals surface area contributed by atoms with E-state index in [-0.39, 0.29) is 101 Å². The van der Waals surface area contributed by atoms with E-state index in [9.17, 15) is 24.0 Å². The van der Waals surface area contributed by atoms with Gasteiger partial charge in [0.25, 0.3) is 0 Å². The van der Waals surface area contributed by atoms with Gasteiger partial charge in [0.05, 0.1) is 13.1 Å². The Morgan fingerprint density at radius 1 is 0.479 bits per heavy atom. The van der Waals surface area contributed by atoms with Gasteiger partial charge in [0.1, 0.15) is 12.1 Å². The molecule has 0 saturated heterocycles. The number of amides is 5. The van der Waals surface area contributed by atoms with Crippen molar-refractivity contribution in [3.8, 4) is 0 Å². The molecule has 0 aromatic heterocycles. The van der Waals surface area contributed by atoms with Crippen LogP contribution in [-0.4, -0.2) is 88.4 Å². The standard InChI is InChI=1S/C34H67N7O5.CH3.Cs/c1-5-7-9-11-13-17-25-37-33(45)28(20-15-18-23-35-3)40-32(44)27-39-34(46)29(21-16-19-24-36-4)41-31(43)26-38-30(42)22-14-12-10-8-6-2;;/h28-29,35-36H,5-27H2,1-4H3,(H,37,45)(H,38,42)(H,39,46)(H,40,44)(H,41,43);1H3;/q;-1;+1. The van der Waals surface area contributed by atoms with E-state index in [1.54, 1.807) is 0 Å². The average molecular weight is 802 g/mol. The number of hydrogen-bond acceptors (Lipinski definition) is 7. The van der Waals surface area contributed by atoms with Gasteiger partial charge in [-0.05, 0) is 78.6 Å². The first kappa shape index (κ1) is 51.7. The second kappa shape index (κ2) is 37.6. The molecular formula is C35H70CsN7O5. The fourth-order valence-electron chi connectivity index (χ4n) is 5.02. The van der Waals surface area contributed by atoms with Gasteiger partial charge in [0.2, 0.25) is 29.5 Å². The van der Waals surface area contributed by atoms with E-state index in [1.807, 2.05) is 14.1 Å². The van der Waals surface area contributed by atoms with Crippen molar-refractivity contribution >= 4 is 29.5 Å². The van der Waals surface area contributed by atoms with Crippen LogP contribution in [0.2, 0.25) is 0 Å². The Hall–Kier alpha value is -0.678. The van der Waals surface area contributed by atoms with Gasteiger partial charge < -0.3 is 44.6 Å². The molecule has 0 aliphatic heterocycles. The molecule has 2 unspecified atom stereocenters. The molecule has 276 valence electrons. The van der Waals surface area contributed by atoms with E-state index in [4.69, 9.17) is 0 Å². The summed E-state index contributed by atoms with van der Waals surface area (Å²) in [5.41, 5.74) is 0. The normalized spacial score (nSPS) is 11.7. The molecule has 0 aliphatic carbocycles. The number of nitrogens with one attached hydrogen (secondary N) is 7. The zero-order valence-corrected chi connectivity index (χ0v) is 37.7. The van der Waals surface area contributed by atoms with Gasteiger partial charge in [-0.3, -0.25) is 24.0 Å². The molecular weight excluding hydrogens is 731 g/mol. The number of unbranched alkanes of at least 4 members (excludes halogenated alkanes) is 11. The SMILES string of the molecule is CCCCCCCCNC(=O)C(CCCCNC)NC(=O)CNC(=O)C(CCCCNC)NC(=O)CNC(=O)CCCCCCC.[CH3-].[Cs+]. The van der Waals surface area contributed by atoms with E-state index in [0.29, 0.717) is 32.2 Å². The van der Waals surface area contributed by atoms with Crippen molar-refractivity contribution in [2.24, 2.45) is 0 Å². The first-order chi connectivity index (χ1) is 22.3. The van der Waals surface area contributed by atoms with Gasteiger partial charge in [0, 0.05) is 13.0 Å². The molecule has 0 fully saturated rings. The third-order valence-corrected chi connectivity index (χ3v) is 7.85. The summed E-state index contributed by atoms with van der Waals surface area (Å²) in [7, 11) is 3.72. The van der Waals surface area contributed by atoms with E-state index < -0.39 is 29.8 Å². The maximum absolute atomic E-state index is 13.0. The van der Waals surface area contributed by atoms with Crippen LogP contribution in [0.25, 0.3) is 0 Å². The van der Waals surface area contributed by atoms with Crippen LogP contribution in [-0.2, 0) is 24.0 Å². The quantitative estimate of drug-likeness (QED) is 0.0390. The Morgan fingerprint density at radius 3 is 1.40 bits per heavy atom. The molecule has 0 aromatic carbocycles. The van der Waals surface area contributed by atoms with Crippen LogP contribution >= 0.6 is 0 Å². The Bertz CT molecular complexity index is 835. The number of carbonyl (C=O) groups is 5. The first-order valence-corrected chi connectivity index (χ1v) is 18.0. The summed E-state index contributed by atoms with van der Waals surface area (Å²) in [6, 6.07) is -1.53. The summed E-state index contributed by atoms with van der Waals surface area (Å²) in [6.45, 7) is 5.96. The maximum Gasteiger partial charge on any atom is 1.00 e. The molecule has 0 aromatic rings. The molecule has 13 heteroatoms. The van der Waals surface area contributed by atoms with Crippen molar-refractivity contribution < 1.29 is 92.9 Å².